The number of aryl methyl sites for hydroxylation is 2. The number of pyridine rings is 2. The zero-order valence-electron chi connectivity index (χ0n) is 16.2. The van der Waals surface area contributed by atoms with Gasteiger partial charge in [0, 0.05) is 42.2 Å². The van der Waals surface area contributed by atoms with Gasteiger partial charge in [-0.05, 0) is 50.6 Å². The van der Waals surface area contributed by atoms with E-state index in [1.807, 2.05) is 38.6 Å². The summed E-state index contributed by atoms with van der Waals surface area (Å²) in [4.78, 5) is 9.47. The van der Waals surface area contributed by atoms with Crippen LogP contribution in [0.2, 0.25) is 0 Å². The average molecular weight is 376 g/mol. The standard InChI is InChI=1S/C21H24N6O/c1-13-20-19(9-18(25-13)14-3-6-22-7-4-14)26-21-17(12-28-20)16(5-8-23-21)15-10-24-27(2)11-15/h5,8-11,14,22H,3-4,6-7,12H2,1-2H3,(H,23,26). The SMILES string of the molecule is Cc1nc(C2CCNCC2)cc2c1OCc1c(-c3cnn(C)c3)ccnc1N2. The zero-order chi connectivity index (χ0) is 19.1. The fourth-order valence-electron chi connectivity index (χ4n) is 4.14. The second-order valence-corrected chi connectivity index (χ2v) is 7.54. The van der Waals surface area contributed by atoms with Crippen molar-refractivity contribution in [2.45, 2.75) is 32.3 Å². The van der Waals surface area contributed by atoms with Crippen molar-refractivity contribution in [3.8, 4) is 16.9 Å². The fraction of sp³-hybridized carbons (Fsp3) is 0.381. The minimum atomic E-state index is 0.447. The Morgan fingerprint density at radius 2 is 2.11 bits per heavy atom. The second-order valence-electron chi connectivity index (χ2n) is 7.54. The van der Waals surface area contributed by atoms with Gasteiger partial charge in [0.05, 0.1) is 17.6 Å². The highest BCUT2D eigenvalue weighted by Gasteiger charge is 2.24. The first kappa shape index (κ1) is 17.2. The molecule has 0 amide bonds. The number of nitrogens with one attached hydrogen (secondary N) is 2. The third kappa shape index (κ3) is 3.01. The molecule has 2 aliphatic heterocycles. The van der Waals surface area contributed by atoms with Crippen LogP contribution in [0, 0.1) is 6.92 Å². The highest BCUT2D eigenvalue weighted by Crippen LogP contribution is 2.40. The van der Waals surface area contributed by atoms with E-state index in [0.29, 0.717) is 12.5 Å². The average Bonchev–Trinajstić information content (AvgIpc) is 3.04. The number of hydrogen-bond donors (Lipinski definition) is 2. The Morgan fingerprint density at radius 1 is 1.25 bits per heavy atom. The number of fused-ring (bicyclic) bond motifs is 2. The topological polar surface area (TPSA) is 76.9 Å². The van der Waals surface area contributed by atoms with Crippen molar-refractivity contribution in [2.24, 2.45) is 7.05 Å². The van der Waals surface area contributed by atoms with Crippen LogP contribution in [0.4, 0.5) is 11.5 Å². The molecule has 0 unspecified atom stereocenters. The molecule has 7 heteroatoms. The van der Waals surface area contributed by atoms with E-state index in [0.717, 1.165) is 71.3 Å². The molecule has 144 valence electrons. The van der Waals surface area contributed by atoms with E-state index in [2.05, 4.69) is 26.8 Å². The van der Waals surface area contributed by atoms with Gasteiger partial charge in [0.15, 0.2) is 5.75 Å². The normalized spacial score (nSPS) is 16.5. The summed E-state index contributed by atoms with van der Waals surface area (Å²) in [7, 11) is 1.92. The van der Waals surface area contributed by atoms with E-state index in [1.54, 1.807) is 4.68 Å². The first-order chi connectivity index (χ1) is 13.7. The summed E-state index contributed by atoms with van der Waals surface area (Å²) in [5.74, 6) is 2.14. The minimum Gasteiger partial charge on any atom is -0.485 e. The Labute approximate surface area is 164 Å². The summed E-state index contributed by atoms with van der Waals surface area (Å²) in [6.07, 6.45) is 7.95. The summed E-state index contributed by atoms with van der Waals surface area (Å²) < 4.78 is 8.02. The molecule has 5 heterocycles. The van der Waals surface area contributed by atoms with Crippen molar-refractivity contribution >= 4 is 11.5 Å². The molecule has 0 spiro atoms. The Bertz CT molecular complexity index is 1020. The van der Waals surface area contributed by atoms with E-state index >= 15 is 0 Å². The van der Waals surface area contributed by atoms with Gasteiger partial charge >= 0.3 is 0 Å². The van der Waals surface area contributed by atoms with Gasteiger partial charge in [0.1, 0.15) is 12.4 Å². The van der Waals surface area contributed by atoms with E-state index in [-0.39, 0.29) is 0 Å². The molecule has 2 N–H and O–H groups in total. The van der Waals surface area contributed by atoms with Gasteiger partial charge in [-0.2, -0.15) is 5.10 Å². The first-order valence-corrected chi connectivity index (χ1v) is 9.78. The molecule has 7 nitrogen and oxygen atoms in total. The number of aromatic nitrogens is 4. The second kappa shape index (κ2) is 6.91. The molecule has 0 saturated carbocycles. The monoisotopic (exact) mass is 376 g/mol. The molecule has 3 aromatic heterocycles. The minimum absolute atomic E-state index is 0.447. The summed E-state index contributed by atoms with van der Waals surface area (Å²) in [6.45, 7) is 4.57. The lowest BCUT2D eigenvalue weighted by atomic mass is 9.93. The zero-order valence-corrected chi connectivity index (χ0v) is 16.2. The molecule has 0 atom stereocenters. The van der Waals surface area contributed by atoms with Crippen molar-refractivity contribution in [1.29, 1.82) is 0 Å². The fourth-order valence-corrected chi connectivity index (χ4v) is 4.14. The van der Waals surface area contributed by atoms with Gasteiger partial charge in [-0.1, -0.05) is 0 Å². The Morgan fingerprint density at radius 3 is 2.89 bits per heavy atom. The van der Waals surface area contributed by atoms with Crippen molar-refractivity contribution in [2.75, 3.05) is 18.4 Å². The molecule has 2 aliphatic rings. The Hall–Kier alpha value is -2.93. The lowest BCUT2D eigenvalue weighted by Gasteiger charge is -2.23. The number of ether oxygens (including phenoxy) is 1. The first-order valence-electron chi connectivity index (χ1n) is 9.78. The van der Waals surface area contributed by atoms with Crippen molar-refractivity contribution in [3.05, 3.63) is 47.7 Å². The molecule has 5 rings (SSSR count). The molecular weight excluding hydrogens is 352 g/mol. The highest BCUT2D eigenvalue weighted by atomic mass is 16.5. The van der Waals surface area contributed by atoms with Gasteiger partial charge < -0.3 is 15.4 Å². The Balaban J connectivity index is 1.54. The number of anilines is 2. The number of hydrogen-bond acceptors (Lipinski definition) is 6. The summed E-state index contributed by atoms with van der Waals surface area (Å²) >= 11 is 0. The van der Waals surface area contributed by atoms with Crippen LogP contribution in [0.15, 0.2) is 30.7 Å². The molecule has 0 aliphatic carbocycles. The van der Waals surface area contributed by atoms with E-state index in [1.165, 1.54) is 0 Å². The maximum atomic E-state index is 6.21. The number of nitrogens with zero attached hydrogens (tertiary/aromatic N) is 4. The van der Waals surface area contributed by atoms with Crippen LogP contribution in [-0.4, -0.2) is 32.8 Å². The molecule has 1 saturated heterocycles. The van der Waals surface area contributed by atoms with Crippen LogP contribution < -0.4 is 15.4 Å². The molecule has 0 bridgehead atoms. The maximum absolute atomic E-state index is 6.21. The van der Waals surface area contributed by atoms with E-state index < -0.39 is 0 Å². The van der Waals surface area contributed by atoms with Gasteiger partial charge in [0.25, 0.3) is 0 Å². The van der Waals surface area contributed by atoms with Crippen molar-refractivity contribution in [1.82, 2.24) is 25.1 Å². The Kier molecular flexibility index (Phi) is 4.24. The molecule has 3 aromatic rings. The third-order valence-corrected chi connectivity index (χ3v) is 5.61. The molecule has 0 radical (unpaired) electrons. The highest BCUT2D eigenvalue weighted by molar-refractivity contribution is 5.76. The number of piperidine rings is 1. The molecule has 0 aromatic carbocycles. The van der Waals surface area contributed by atoms with Crippen LogP contribution in [-0.2, 0) is 13.7 Å². The predicted molar refractivity (Wildman–Crippen MR) is 108 cm³/mol. The van der Waals surface area contributed by atoms with E-state index in [9.17, 15) is 0 Å². The van der Waals surface area contributed by atoms with Gasteiger partial charge in [-0.25, -0.2) is 4.98 Å². The summed E-state index contributed by atoms with van der Waals surface area (Å²) in [5.41, 5.74) is 6.20. The molecular formula is C21H24N6O. The summed E-state index contributed by atoms with van der Waals surface area (Å²) in [5, 5.41) is 11.2. The number of rotatable bonds is 2. The van der Waals surface area contributed by atoms with Crippen LogP contribution in [0.25, 0.3) is 11.1 Å². The van der Waals surface area contributed by atoms with Gasteiger partial charge in [-0.15, -0.1) is 0 Å². The van der Waals surface area contributed by atoms with Crippen molar-refractivity contribution < 1.29 is 4.74 Å². The molecule has 28 heavy (non-hydrogen) atoms. The largest absolute Gasteiger partial charge is 0.485 e. The summed E-state index contributed by atoms with van der Waals surface area (Å²) in [6, 6.07) is 4.16. The van der Waals surface area contributed by atoms with Crippen LogP contribution in [0.3, 0.4) is 0 Å². The van der Waals surface area contributed by atoms with Gasteiger partial charge in [0.2, 0.25) is 0 Å². The van der Waals surface area contributed by atoms with Crippen LogP contribution in [0.1, 0.15) is 35.7 Å². The third-order valence-electron chi connectivity index (χ3n) is 5.61. The molecule has 1 fully saturated rings. The smallest absolute Gasteiger partial charge is 0.164 e. The predicted octanol–water partition coefficient (Wildman–Crippen LogP) is 3.29. The maximum Gasteiger partial charge on any atom is 0.164 e. The lowest BCUT2D eigenvalue weighted by molar-refractivity contribution is 0.307. The lowest BCUT2D eigenvalue weighted by Crippen LogP contribution is -2.27. The van der Waals surface area contributed by atoms with Gasteiger partial charge in [-0.3, -0.25) is 9.67 Å². The quantitative estimate of drug-likeness (QED) is 0.715. The van der Waals surface area contributed by atoms with E-state index in [4.69, 9.17) is 9.72 Å². The van der Waals surface area contributed by atoms with Crippen LogP contribution >= 0.6 is 0 Å². The van der Waals surface area contributed by atoms with Crippen molar-refractivity contribution in [3.63, 3.8) is 0 Å². The van der Waals surface area contributed by atoms with Crippen LogP contribution in [0.5, 0.6) is 5.75 Å².